The van der Waals surface area contributed by atoms with Gasteiger partial charge in [-0.05, 0) is 31.9 Å². The molecule has 1 unspecified atom stereocenters. The van der Waals surface area contributed by atoms with Crippen molar-refractivity contribution in [2.75, 3.05) is 13.1 Å². The third kappa shape index (κ3) is 3.30. The van der Waals surface area contributed by atoms with Gasteiger partial charge in [0.25, 0.3) is 0 Å². The van der Waals surface area contributed by atoms with E-state index in [1.165, 1.54) is 31.7 Å². The Morgan fingerprint density at radius 2 is 2.22 bits per heavy atom. The number of rotatable bonds is 6. The summed E-state index contributed by atoms with van der Waals surface area (Å²) in [5, 5.41) is 3.39. The summed E-state index contributed by atoms with van der Waals surface area (Å²) < 4.78 is 13.8. The van der Waals surface area contributed by atoms with E-state index in [0.717, 1.165) is 18.0 Å². The minimum atomic E-state index is -0.160. The van der Waals surface area contributed by atoms with Crippen molar-refractivity contribution in [3.63, 3.8) is 0 Å². The topological polar surface area (TPSA) is 38.0 Å². The maximum atomic E-state index is 13.8. The van der Waals surface area contributed by atoms with Crippen LogP contribution in [0.1, 0.15) is 42.9 Å². The minimum absolute atomic E-state index is 0.0648. The molecule has 3 N–H and O–H groups in total. The van der Waals surface area contributed by atoms with Gasteiger partial charge in [-0.15, -0.1) is 0 Å². The summed E-state index contributed by atoms with van der Waals surface area (Å²) in [6, 6.07) is 5.15. The Bertz CT molecular complexity index is 388. The predicted molar refractivity (Wildman–Crippen MR) is 72.9 cm³/mol. The van der Waals surface area contributed by atoms with E-state index in [1.54, 1.807) is 6.07 Å². The van der Waals surface area contributed by atoms with Crippen molar-refractivity contribution in [3.8, 4) is 0 Å². The normalized spacial score (nSPS) is 17.5. The molecule has 0 spiro atoms. The van der Waals surface area contributed by atoms with Gasteiger partial charge in [-0.3, -0.25) is 0 Å². The molecule has 0 amide bonds. The highest BCUT2D eigenvalue weighted by molar-refractivity contribution is 5.27. The molecule has 2 rings (SSSR count). The Kier molecular flexibility index (Phi) is 4.72. The van der Waals surface area contributed by atoms with E-state index < -0.39 is 0 Å². The Morgan fingerprint density at radius 3 is 2.83 bits per heavy atom. The molecular weight excluding hydrogens is 227 g/mol. The van der Waals surface area contributed by atoms with Crippen molar-refractivity contribution < 1.29 is 4.39 Å². The molecule has 18 heavy (non-hydrogen) atoms. The van der Waals surface area contributed by atoms with Gasteiger partial charge in [-0.25, -0.2) is 4.39 Å². The van der Waals surface area contributed by atoms with Crippen molar-refractivity contribution in [2.24, 2.45) is 11.7 Å². The predicted octanol–water partition coefficient (Wildman–Crippen LogP) is 2.91. The summed E-state index contributed by atoms with van der Waals surface area (Å²) in [4.78, 5) is 0. The average Bonchev–Trinajstić information content (AvgIpc) is 2.31. The van der Waals surface area contributed by atoms with Crippen LogP contribution in [0.3, 0.4) is 0 Å². The van der Waals surface area contributed by atoms with Crippen LogP contribution in [0.5, 0.6) is 0 Å². The highest BCUT2D eigenvalue weighted by Crippen LogP contribution is 2.29. The fourth-order valence-corrected chi connectivity index (χ4v) is 2.49. The second-order valence-corrected chi connectivity index (χ2v) is 5.35. The summed E-state index contributed by atoms with van der Waals surface area (Å²) in [6.45, 7) is 3.34. The van der Waals surface area contributed by atoms with E-state index in [-0.39, 0.29) is 11.9 Å². The molecule has 0 radical (unpaired) electrons. The molecule has 0 heterocycles. The highest BCUT2D eigenvalue weighted by atomic mass is 19.1. The lowest BCUT2D eigenvalue weighted by atomic mass is 9.83. The van der Waals surface area contributed by atoms with Crippen molar-refractivity contribution in [1.82, 2.24) is 5.32 Å². The molecule has 1 atom stereocenters. The molecule has 0 bridgehead atoms. The zero-order valence-electron chi connectivity index (χ0n) is 11.1. The monoisotopic (exact) mass is 250 g/mol. The SMILES string of the molecule is Cc1ccc(F)c(C(CN)NCCC2CCC2)c1. The van der Waals surface area contributed by atoms with Crippen LogP contribution in [0.4, 0.5) is 4.39 Å². The molecule has 2 nitrogen and oxygen atoms in total. The van der Waals surface area contributed by atoms with Gasteiger partial charge in [-0.2, -0.15) is 0 Å². The lowest BCUT2D eigenvalue weighted by Crippen LogP contribution is -2.31. The number of aryl methyl sites for hydroxylation is 1. The first-order valence-electron chi connectivity index (χ1n) is 6.90. The first-order valence-corrected chi connectivity index (χ1v) is 6.90. The number of nitrogens with one attached hydrogen (secondary N) is 1. The molecule has 1 aliphatic rings. The standard InChI is InChI=1S/C15H23FN2/c1-11-5-6-14(16)13(9-11)15(10-17)18-8-7-12-3-2-4-12/h5-6,9,12,15,18H,2-4,7-8,10,17H2,1H3. The van der Waals surface area contributed by atoms with Crippen LogP contribution in [0.25, 0.3) is 0 Å². The first kappa shape index (κ1) is 13.5. The molecule has 100 valence electrons. The Balaban J connectivity index is 1.91. The molecule has 0 aromatic heterocycles. The van der Waals surface area contributed by atoms with Gasteiger partial charge >= 0.3 is 0 Å². The van der Waals surface area contributed by atoms with Crippen molar-refractivity contribution in [2.45, 2.75) is 38.6 Å². The second-order valence-electron chi connectivity index (χ2n) is 5.35. The van der Waals surface area contributed by atoms with Gasteiger partial charge in [0.1, 0.15) is 5.82 Å². The molecule has 0 aliphatic heterocycles. The largest absolute Gasteiger partial charge is 0.329 e. The first-order chi connectivity index (χ1) is 8.70. The van der Waals surface area contributed by atoms with Crippen molar-refractivity contribution in [1.29, 1.82) is 0 Å². The Morgan fingerprint density at radius 1 is 1.44 bits per heavy atom. The van der Waals surface area contributed by atoms with Crippen LogP contribution in [0.2, 0.25) is 0 Å². The zero-order valence-corrected chi connectivity index (χ0v) is 11.1. The van der Waals surface area contributed by atoms with Crippen molar-refractivity contribution in [3.05, 3.63) is 35.1 Å². The number of hydrogen-bond donors (Lipinski definition) is 2. The number of hydrogen-bond acceptors (Lipinski definition) is 2. The van der Waals surface area contributed by atoms with Gasteiger partial charge < -0.3 is 11.1 Å². The highest BCUT2D eigenvalue weighted by Gasteiger charge is 2.18. The molecule has 3 heteroatoms. The van der Waals surface area contributed by atoms with Gasteiger partial charge in [0.15, 0.2) is 0 Å². The second kappa shape index (κ2) is 6.30. The molecular formula is C15H23FN2. The average molecular weight is 250 g/mol. The zero-order chi connectivity index (χ0) is 13.0. The van der Waals surface area contributed by atoms with Gasteiger partial charge in [-0.1, -0.05) is 37.0 Å². The molecule has 1 aliphatic carbocycles. The third-order valence-corrected chi connectivity index (χ3v) is 3.93. The molecule has 0 saturated heterocycles. The van der Waals surface area contributed by atoms with Crippen molar-refractivity contribution >= 4 is 0 Å². The maximum absolute atomic E-state index is 13.8. The Hall–Kier alpha value is -0.930. The smallest absolute Gasteiger partial charge is 0.128 e. The molecule has 1 aromatic carbocycles. The quantitative estimate of drug-likeness (QED) is 0.814. The van der Waals surface area contributed by atoms with E-state index >= 15 is 0 Å². The maximum Gasteiger partial charge on any atom is 0.128 e. The van der Waals surface area contributed by atoms with E-state index in [2.05, 4.69) is 5.32 Å². The fourth-order valence-electron chi connectivity index (χ4n) is 2.49. The summed E-state index contributed by atoms with van der Waals surface area (Å²) in [5.41, 5.74) is 7.53. The van der Waals surface area contributed by atoms with Gasteiger partial charge in [0.05, 0.1) is 0 Å². The van der Waals surface area contributed by atoms with Crippen LogP contribution in [-0.2, 0) is 0 Å². The lowest BCUT2D eigenvalue weighted by Gasteiger charge is -2.26. The number of halogens is 1. The van der Waals surface area contributed by atoms with E-state index in [4.69, 9.17) is 5.73 Å². The molecule has 1 fully saturated rings. The molecule has 1 aromatic rings. The number of benzene rings is 1. The van der Waals surface area contributed by atoms with Crippen LogP contribution in [0, 0.1) is 18.7 Å². The minimum Gasteiger partial charge on any atom is -0.329 e. The summed E-state index contributed by atoms with van der Waals surface area (Å²) in [6.07, 6.45) is 5.27. The van der Waals surface area contributed by atoms with Crippen LogP contribution in [0.15, 0.2) is 18.2 Å². The fraction of sp³-hybridized carbons (Fsp3) is 0.600. The van der Waals surface area contributed by atoms with Crippen LogP contribution < -0.4 is 11.1 Å². The van der Waals surface area contributed by atoms with E-state index in [0.29, 0.717) is 12.1 Å². The van der Waals surface area contributed by atoms with Gasteiger partial charge in [0.2, 0.25) is 0 Å². The summed E-state index contributed by atoms with van der Waals surface area (Å²) >= 11 is 0. The lowest BCUT2D eigenvalue weighted by molar-refractivity contribution is 0.287. The Labute approximate surface area is 109 Å². The van der Waals surface area contributed by atoms with Gasteiger partial charge in [0, 0.05) is 18.2 Å². The van der Waals surface area contributed by atoms with E-state index in [1.807, 2.05) is 13.0 Å². The molecule has 1 saturated carbocycles. The van der Waals surface area contributed by atoms with Crippen LogP contribution >= 0.6 is 0 Å². The number of nitrogens with two attached hydrogens (primary N) is 1. The summed E-state index contributed by atoms with van der Waals surface area (Å²) in [7, 11) is 0. The van der Waals surface area contributed by atoms with Crippen LogP contribution in [-0.4, -0.2) is 13.1 Å². The van der Waals surface area contributed by atoms with E-state index in [9.17, 15) is 4.39 Å². The third-order valence-electron chi connectivity index (χ3n) is 3.93. The summed E-state index contributed by atoms with van der Waals surface area (Å²) in [5.74, 6) is 0.713.